The molecule has 0 saturated heterocycles. The quantitative estimate of drug-likeness (QED) is 0.646. The Balaban J connectivity index is 3.30. The fourth-order valence-electron chi connectivity index (χ4n) is 1.03. The topological polar surface area (TPSA) is 54.4 Å². The molecule has 0 amide bonds. The maximum absolute atomic E-state index is 12.4. The van der Waals surface area contributed by atoms with E-state index in [-0.39, 0.29) is 5.02 Å². The lowest BCUT2D eigenvalue weighted by molar-refractivity contribution is -0.131. The molecule has 3 nitrogen and oxygen atoms in total. The number of rotatable bonds is 3. The van der Waals surface area contributed by atoms with E-state index in [1.165, 1.54) is 6.07 Å². The molecule has 0 radical (unpaired) electrons. The van der Waals surface area contributed by atoms with Crippen LogP contribution in [-0.4, -0.2) is 16.9 Å². The third kappa shape index (κ3) is 2.50. The summed E-state index contributed by atoms with van der Waals surface area (Å²) in [6.45, 7) is 0. The minimum atomic E-state index is -2.92. The molecule has 6 heteroatoms. The van der Waals surface area contributed by atoms with Crippen LogP contribution in [0.15, 0.2) is 18.2 Å². The lowest BCUT2D eigenvalue weighted by Crippen LogP contribution is -2.15. The van der Waals surface area contributed by atoms with Crippen molar-refractivity contribution in [2.75, 3.05) is 0 Å². The third-order valence-corrected chi connectivity index (χ3v) is 1.92. The van der Waals surface area contributed by atoms with Gasteiger partial charge in [0.05, 0.1) is 0 Å². The van der Waals surface area contributed by atoms with E-state index >= 15 is 0 Å². The highest BCUT2D eigenvalue weighted by Gasteiger charge is 2.23. The van der Waals surface area contributed by atoms with Gasteiger partial charge in [0, 0.05) is 16.1 Å². The van der Waals surface area contributed by atoms with Crippen LogP contribution in [0.25, 0.3) is 0 Å². The van der Waals surface area contributed by atoms with Crippen molar-refractivity contribution >= 4 is 23.4 Å². The predicted molar refractivity (Wildman–Crippen MR) is 48.4 cm³/mol. The molecule has 0 spiro atoms. The zero-order chi connectivity index (χ0) is 11.6. The summed E-state index contributed by atoms with van der Waals surface area (Å²) in [5, 5.41) is 8.43. The molecule has 1 rings (SSSR count). The molecular formula is C9H5ClF2O3. The largest absolute Gasteiger partial charge is 0.475 e. The van der Waals surface area contributed by atoms with Crippen LogP contribution in [-0.2, 0) is 4.79 Å². The Morgan fingerprint density at radius 1 is 1.33 bits per heavy atom. The maximum Gasteiger partial charge on any atom is 0.377 e. The minimum absolute atomic E-state index is 0.0315. The van der Waals surface area contributed by atoms with Crippen molar-refractivity contribution < 1.29 is 23.5 Å². The van der Waals surface area contributed by atoms with Crippen LogP contribution in [0.5, 0.6) is 0 Å². The van der Waals surface area contributed by atoms with Crippen molar-refractivity contribution in [2.45, 2.75) is 6.43 Å². The van der Waals surface area contributed by atoms with Crippen LogP contribution in [0, 0.1) is 0 Å². The monoisotopic (exact) mass is 234 g/mol. The molecule has 1 aromatic carbocycles. The van der Waals surface area contributed by atoms with E-state index in [1.54, 1.807) is 0 Å². The lowest BCUT2D eigenvalue weighted by Gasteiger charge is -2.05. The maximum atomic E-state index is 12.4. The van der Waals surface area contributed by atoms with Crippen LogP contribution in [0.1, 0.15) is 22.3 Å². The molecule has 0 aromatic heterocycles. The Hall–Kier alpha value is -1.49. The molecule has 0 unspecified atom stereocenters. The number of carbonyl (C=O) groups excluding carboxylic acids is 1. The Morgan fingerprint density at radius 2 is 1.93 bits per heavy atom. The summed E-state index contributed by atoms with van der Waals surface area (Å²) < 4.78 is 24.8. The first-order valence-corrected chi connectivity index (χ1v) is 4.16. The number of benzene rings is 1. The summed E-state index contributed by atoms with van der Waals surface area (Å²) in [6, 6.07) is 3.02. The summed E-state index contributed by atoms with van der Waals surface area (Å²) in [5.74, 6) is -3.19. The van der Waals surface area contributed by atoms with Gasteiger partial charge < -0.3 is 5.11 Å². The van der Waals surface area contributed by atoms with E-state index in [9.17, 15) is 18.4 Å². The van der Waals surface area contributed by atoms with E-state index in [0.717, 1.165) is 12.1 Å². The van der Waals surface area contributed by atoms with Crippen molar-refractivity contribution in [3.63, 3.8) is 0 Å². The van der Waals surface area contributed by atoms with Crippen LogP contribution in [0.2, 0.25) is 5.02 Å². The highest BCUT2D eigenvalue weighted by Crippen LogP contribution is 2.26. The highest BCUT2D eigenvalue weighted by atomic mass is 35.5. The summed E-state index contributed by atoms with van der Waals surface area (Å²) in [7, 11) is 0. The molecular weight excluding hydrogens is 230 g/mol. The zero-order valence-corrected chi connectivity index (χ0v) is 7.96. The van der Waals surface area contributed by atoms with Gasteiger partial charge in [0.25, 0.3) is 12.2 Å². The second-order valence-corrected chi connectivity index (χ2v) is 3.10. The third-order valence-electron chi connectivity index (χ3n) is 1.69. The number of Topliss-reactive ketones (excluding diaryl/α,β-unsaturated/α-hetero) is 1. The molecule has 80 valence electrons. The number of carboxylic acids is 1. The van der Waals surface area contributed by atoms with Gasteiger partial charge in [0.1, 0.15) is 0 Å². The molecule has 0 atom stereocenters. The first-order chi connectivity index (χ1) is 6.93. The van der Waals surface area contributed by atoms with Crippen molar-refractivity contribution in [1.29, 1.82) is 0 Å². The number of ketones is 1. The molecule has 0 saturated carbocycles. The second-order valence-electron chi connectivity index (χ2n) is 2.67. The van der Waals surface area contributed by atoms with Gasteiger partial charge in [-0.25, -0.2) is 13.6 Å². The van der Waals surface area contributed by atoms with E-state index < -0.39 is 29.3 Å². The van der Waals surface area contributed by atoms with Gasteiger partial charge in [0.15, 0.2) is 0 Å². The molecule has 0 aliphatic rings. The Kier molecular flexibility index (Phi) is 3.36. The van der Waals surface area contributed by atoms with Gasteiger partial charge in [-0.05, 0) is 12.1 Å². The number of carboxylic acid groups (broad SMARTS) is 1. The first-order valence-electron chi connectivity index (χ1n) is 3.78. The molecule has 0 fully saturated rings. The molecule has 1 aromatic rings. The van der Waals surface area contributed by atoms with E-state index in [2.05, 4.69) is 0 Å². The fraction of sp³-hybridized carbons (Fsp3) is 0.111. The van der Waals surface area contributed by atoms with Crippen molar-refractivity contribution in [3.8, 4) is 0 Å². The summed E-state index contributed by atoms with van der Waals surface area (Å²) in [6.07, 6.45) is -2.92. The van der Waals surface area contributed by atoms with Gasteiger partial charge in [-0.15, -0.1) is 0 Å². The Bertz CT molecular complexity index is 418. The molecule has 0 heterocycles. The van der Waals surface area contributed by atoms with Gasteiger partial charge >= 0.3 is 5.97 Å². The zero-order valence-electron chi connectivity index (χ0n) is 7.21. The number of aliphatic carboxylic acids is 1. The summed E-state index contributed by atoms with van der Waals surface area (Å²) in [4.78, 5) is 21.4. The van der Waals surface area contributed by atoms with Gasteiger partial charge in [0.2, 0.25) is 0 Å². The second kappa shape index (κ2) is 4.35. The average molecular weight is 235 g/mol. The molecule has 15 heavy (non-hydrogen) atoms. The summed E-state index contributed by atoms with van der Waals surface area (Å²) >= 11 is 5.48. The van der Waals surface area contributed by atoms with Gasteiger partial charge in [-0.2, -0.15) is 0 Å². The van der Waals surface area contributed by atoms with Gasteiger partial charge in [-0.1, -0.05) is 17.7 Å². The standard InChI is InChI=1S/C9H5ClF2O3/c10-4-1-2-5(8(11)12)6(3-4)7(13)9(14)15/h1-3,8H,(H,14,15). The van der Waals surface area contributed by atoms with Crippen LogP contribution >= 0.6 is 11.6 Å². The number of hydrogen-bond acceptors (Lipinski definition) is 2. The molecule has 0 bridgehead atoms. The molecule has 0 aliphatic carbocycles. The lowest BCUT2D eigenvalue weighted by atomic mass is 10.0. The van der Waals surface area contributed by atoms with Crippen molar-refractivity contribution in [2.24, 2.45) is 0 Å². The van der Waals surface area contributed by atoms with Crippen molar-refractivity contribution in [3.05, 3.63) is 34.3 Å². The van der Waals surface area contributed by atoms with E-state index in [0.29, 0.717) is 0 Å². The smallest absolute Gasteiger partial charge is 0.377 e. The first kappa shape index (κ1) is 11.6. The predicted octanol–water partition coefficient (Wildman–Crippen LogP) is 2.54. The summed E-state index contributed by atoms with van der Waals surface area (Å²) in [5.41, 5.74) is -1.21. The number of halogens is 3. The van der Waals surface area contributed by atoms with E-state index in [1.807, 2.05) is 0 Å². The Labute approximate surface area is 88.3 Å². The SMILES string of the molecule is O=C(O)C(=O)c1cc(Cl)ccc1C(F)F. The fourth-order valence-corrected chi connectivity index (χ4v) is 1.20. The number of hydrogen-bond donors (Lipinski definition) is 1. The highest BCUT2D eigenvalue weighted by molar-refractivity contribution is 6.41. The molecule has 0 aliphatic heterocycles. The Morgan fingerprint density at radius 3 is 2.40 bits per heavy atom. The van der Waals surface area contributed by atoms with Crippen molar-refractivity contribution in [1.82, 2.24) is 0 Å². The van der Waals surface area contributed by atoms with Gasteiger partial charge in [-0.3, -0.25) is 4.79 Å². The number of carbonyl (C=O) groups is 2. The van der Waals surface area contributed by atoms with Crippen LogP contribution < -0.4 is 0 Å². The van der Waals surface area contributed by atoms with E-state index in [4.69, 9.17) is 16.7 Å². The molecule has 1 N–H and O–H groups in total. The average Bonchev–Trinajstić information content (AvgIpc) is 2.15. The number of alkyl halides is 2. The normalized spacial score (nSPS) is 10.4. The van der Waals surface area contributed by atoms with Crippen LogP contribution in [0.3, 0.4) is 0 Å². The minimum Gasteiger partial charge on any atom is -0.475 e. The van der Waals surface area contributed by atoms with Crippen LogP contribution in [0.4, 0.5) is 8.78 Å².